The highest BCUT2D eigenvalue weighted by atomic mass is 35.5. The van der Waals surface area contributed by atoms with Crippen LogP contribution in [0.2, 0.25) is 5.02 Å². The fourth-order valence-corrected chi connectivity index (χ4v) is 8.76. The average molecular weight is 696 g/mol. The highest BCUT2D eigenvalue weighted by Crippen LogP contribution is 2.44. The molecule has 1 aromatic carbocycles. The molecule has 2 aliphatic heterocycles. The van der Waals surface area contributed by atoms with Crippen molar-refractivity contribution in [2.75, 3.05) is 54.4 Å². The average Bonchev–Trinajstić information content (AvgIpc) is 3.56. The number of amides is 3. The van der Waals surface area contributed by atoms with Gasteiger partial charge in [0.05, 0.1) is 24.4 Å². The van der Waals surface area contributed by atoms with Gasteiger partial charge in [0, 0.05) is 55.6 Å². The van der Waals surface area contributed by atoms with Gasteiger partial charge < -0.3 is 15.1 Å². The van der Waals surface area contributed by atoms with Gasteiger partial charge in [-0.05, 0) is 97.5 Å². The first-order valence-corrected chi connectivity index (χ1v) is 17.7. The fraction of sp³-hybridized carbons (Fsp3) is 0.757. The molecule has 3 aliphatic rings. The molecule has 5 atom stereocenters. The Morgan fingerprint density at radius 3 is 2.09 bits per heavy atom. The number of carbonyl (C=O) groups excluding carboxylic acids is 3. The minimum absolute atomic E-state index is 0. The summed E-state index contributed by atoms with van der Waals surface area (Å²) in [5, 5.41) is 3.56. The molecule has 1 unspecified atom stereocenters. The third kappa shape index (κ3) is 8.54. The second-order valence-corrected chi connectivity index (χ2v) is 17.8. The molecular formula is C37H62Cl2N5O3+. The van der Waals surface area contributed by atoms with Crippen molar-refractivity contribution in [3.63, 3.8) is 0 Å². The standard InChI is InChI=1S/C37H60ClN5O3.ClH/c1-35(2,3)41-21-29(25-12-14-26(38)15-13-25)30(22-41)33(45)43(11)23-28(20-31(43)32(44)39-8)42(27-16-18-36(4,5)19-17-27)34(46)37(6,7)24-40(9)10;/h12-15,27-31H,16-24H2,1-11H3;1H/p+1/t28-,29-,30+,31-,43?;/m0./s1. The number of halogens is 2. The maximum absolute atomic E-state index is 15.1. The van der Waals surface area contributed by atoms with Crippen LogP contribution in [0.4, 0.5) is 0 Å². The smallest absolute Gasteiger partial charge is 0.319 e. The number of rotatable bonds is 8. The van der Waals surface area contributed by atoms with Crippen LogP contribution in [0.5, 0.6) is 0 Å². The van der Waals surface area contributed by atoms with Crippen LogP contribution >= 0.6 is 24.0 Å². The number of hydrogen-bond donors (Lipinski definition) is 1. The Bertz CT molecular complexity index is 1270. The minimum atomic E-state index is -0.604. The van der Waals surface area contributed by atoms with E-state index >= 15 is 4.79 Å². The van der Waals surface area contributed by atoms with E-state index in [0.29, 0.717) is 31.1 Å². The van der Waals surface area contributed by atoms with Gasteiger partial charge in [0.25, 0.3) is 5.91 Å². The lowest BCUT2D eigenvalue weighted by Gasteiger charge is -2.45. The van der Waals surface area contributed by atoms with Crippen molar-refractivity contribution < 1.29 is 18.9 Å². The molecule has 0 radical (unpaired) electrons. The number of likely N-dealkylation sites (N-methyl/N-ethyl adjacent to an activating group) is 2. The largest absolute Gasteiger partial charge is 0.354 e. The number of likely N-dealkylation sites (tertiary alicyclic amines) is 2. The zero-order chi connectivity index (χ0) is 34.4. The summed E-state index contributed by atoms with van der Waals surface area (Å²) in [5.74, 6) is -0.211. The Morgan fingerprint density at radius 1 is 1.00 bits per heavy atom. The van der Waals surface area contributed by atoms with Crippen LogP contribution in [0.15, 0.2) is 24.3 Å². The summed E-state index contributed by atoms with van der Waals surface area (Å²) in [4.78, 5) is 50.0. The van der Waals surface area contributed by atoms with Gasteiger partial charge in [0.1, 0.15) is 6.54 Å². The molecule has 47 heavy (non-hydrogen) atoms. The zero-order valence-electron chi connectivity index (χ0n) is 30.9. The van der Waals surface area contributed by atoms with Gasteiger partial charge in [0.15, 0.2) is 6.04 Å². The fourth-order valence-electron chi connectivity index (χ4n) is 8.64. The molecule has 3 fully saturated rings. The van der Waals surface area contributed by atoms with E-state index in [1.807, 2.05) is 59.3 Å². The Labute approximate surface area is 295 Å². The summed E-state index contributed by atoms with van der Waals surface area (Å²) in [7, 11) is 7.63. The molecule has 0 aromatic heterocycles. The highest BCUT2D eigenvalue weighted by Gasteiger charge is 2.59. The Kier molecular flexibility index (Phi) is 12.4. The number of nitrogens with zero attached hydrogens (tertiary/aromatic N) is 4. The monoisotopic (exact) mass is 694 g/mol. The Morgan fingerprint density at radius 2 is 1.57 bits per heavy atom. The Balaban J connectivity index is 0.00000600. The van der Waals surface area contributed by atoms with Crippen LogP contribution in [0.25, 0.3) is 0 Å². The lowest BCUT2D eigenvalue weighted by Crippen LogP contribution is -2.61. The van der Waals surface area contributed by atoms with Crippen molar-refractivity contribution in [1.29, 1.82) is 0 Å². The molecule has 1 aliphatic carbocycles. The molecule has 0 bridgehead atoms. The van der Waals surface area contributed by atoms with Gasteiger partial charge in [-0.3, -0.25) is 19.0 Å². The molecule has 1 aromatic rings. The zero-order valence-corrected chi connectivity index (χ0v) is 32.4. The second kappa shape index (κ2) is 14.6. The summed E-state index contributed by atoms with van der Waals surface area (Å²) < 4.78 is 0.00712. The first-order valence-electron chi connectivity index (χ1n) is 17.3. The molecule has 8 nitrogen and oxygen atoms in total. The van der Waals surface area contributed by atoms with Crippen molar-refractivity contribution in [2.24, 2.45) is 16.7 Å². The maximum atomic E-state index is 15.1. The molecule has 10 heteroatoms. The van der Waals surface area contributed by atoms with E-state index in [1.165, 1.54) is 0 Å². The summed E-state index contributed by atoms with van der Waals surface area (Å²) >= 11 is 6.27. The summed E-state index contributed by atoms with van der Waals surface area (Å²) in [6.45, 7) is 17.7. The van der Waals surface area contributed by atoms with Crippen LogP contribution in [0, 0.1) is 16.7 Å². The minimum Gasteiger partial charge on any atom is -0.354 e. The van der Waals surface area contributed by atoms with Gasteiger partial charge >= 0.3 is 5.91 Å². The van der Waals surface area contributed by atoms with Gasteiger partial charge in [-0.25, -0.2) is 4.79 Å². The summed E-state index contributed by atoms with van der Waals surface area (Å²) in [6.07, 6.45) is 4.47. The predicted molar refractivity (Wildman–Crippen MR) is 194 cm³/mol. The SMILES string of the molecule is CNC(=O)[C@@H]1C[C@H](N(C(=O)C(C)(C)CN(C)C)C2CCC(C)(C)CC2)C[N+]1(C)C(=O)[C@@H]1CN(C(C)(C)C)C[C@H]1c1ccc(Cl)cc1.Cl. The quantitative estimate of drug-likeness (QED) is 0.348. The van der Waals surface area contributed by atoms with E-state index < -0.39 is 11.5 Å². The van der Waals surface area contributed by atoms with Crippen LogP contribution in [-0.4, -0.2) is 115 Å². The second-order valence-electron chi connectivity index (χ2n) is 17.4. The van der Waals surface area contributed by atoms with Crippen molar-refractivity contribution in [3.8, 4) is 0 Å². The van der Waals surface area contributed by atoms with Crippen LogP contribution in [-0.2, 0) is 14.4 Å². The topological polar surface area (TPSA) is 73.0 Å². The lowest BCUT2D eigenvalue weighted by atomic mass is 9.74. The molecule has 1 N–H and O–H groups in total. The first kappa shape index (κ1) is 39.7. The lowest BCUT2D eigenvalue weighted by molar-refractivity contribution is -0.840. The number of quaternary nitrogens is 1. The highest BCUT2D eigenvalue weighted by molar-refractivity contribution is 6.30. The van der Waals surface area contributed by atoms with Crippen LogP contribution in [0.3, 0.4) is 0 Å². The third-order valence-corrected chi connectivity index (χ3v) is 11.6. The van der Waals surface area contributed by atoms with Crippen LogP contribution < -0.4 is 5.32 Å². The number of benzene rings is 1. The van der Waals surface area contributed by atoms with Gasteiger partial charge in [-0.15, -0.1) is 12.4 Å². The van der Waals surface area contributed by atoms with Gasteiger partial charge in [-0.1, -0.05) is 37.6 Å². The van der Waals surface area contributed by atoms with E-state index in [1.54, 1.807) is 7.05 Å². The molecule has 2 heterocycles. The number of hydrogen-bond acceptors (Lipinski definition) is 5. The van der Waals surface area contributed by atoms with Crippen molar-refractivity contribution in [1.82, 2.24) is 20.0 Å². The van der Waals surface area contributed by atoms with E-state index in [9.17, 15) is 9.59 Å². The summed E-state index contributed by atoms with van der Waals surface area (Å²) in [5.41, 5.74) is 0.638. The normalized spacial score (nSPS) is 28.6. The van der Waals surface area contributed by atoms with Gasteiger partial charge in [0.2, 0.25) is 5.91 Å². The van der Waals surface area contributed by atoms with E-state index in [4.69, 9.17) is 11.6 Å². The molecule has 3 amide bonds. The van der Waals surface area contributed by atoms with Crippen molar-refractivity contribution in [2.45, 2.75) is 110 Å². The van der Waals surface area contributed by atoms with Gasteiger partial charge in [-0.2, -0.15) is 0 Å². The van der Waals surface area contributed by atoms with E-state index in [-0.39, 0.29) is 69.5 Å². The molecule has 0 spiro atoms. The third-order valence-electron chi connectivity index (χ3n) is 11.3. The molecule has 266 valence electrons. The number of carbonyl (C=O) groups is 3. The summed E-state index contributed by atoms with van der Waals surface area (Å²) in [6, 6.07) is 7.22. The van der Waals surface area contributed by atoms with Crippen LogP contribution in [0.1, 0.15) is 92.1 Å². The molecule has 4 rings (SSSR count). The molecular weight excluding hydrogens is 633 g/mol. The maximum Gasteiger partial charge on any atom is 0.319 e. The van der Waals surface area contributed by atoms with Crippen molar-refractivity contribution in [3.05, 3.63) is 34.9 Å². The Hall–Kier alpha value is -1.71. The number of nitrogens with one attached hydrogen (secondary N) is 1. The van der Waals surface area contributed by atoms with Crippen molar-refractivity contribution >= 4 is 41.7 Å². The van der Waals surface area contributed by atoms with E-state index in [2.05, 4.69) is 54.6 Å². The predicted octanol–water partition coefficient (Wildman–Crippen LogP) is 5.82. The van der Waals surface area contributed by atoms with E-state index in [0.717, 1.165) is 37.8 Å². The molecule has 2 saturated heterocycles. The molecule has 1 saturated carbocycles. The first-order chi connectivity index (χ1) is 21.2.